The molecular formula is C24H37N7O9. The van der Waals surface area contributed by atoms with Crippen LogP contribution in [-0.4, -0.2) is 92.9 Å². The lowest BCUT2D eigenvalue weighted by Crippen LogP contribution is -2.60. The zero-order valence-corrected chi connectivity index (χ0v) is 21.9. The molecule has 1 aromatic carbocycles. The third-order valence-electron chi connectivity index (χ3n) is 5.64. The summed E-state index contributed by atoms with van der Waals surface area (Å²) in [6, 6.07) is 0.127. The Labute approximate surface area is 230 Å². The standard InChI is InChI=1S/C24H37N7O9/c1-12(32)19(22(38)29-16(23(39)40)3-2-10-28-24(26)27)31-21(37)17(11-13-4-6-14(33)7-5-13)30-20(36)15(25)8-9-18(34)35/h4-7,12,15-17,19,32-33H,2-3,8-11,25H2,1H3,(H,29,38)(H,30,36)(H,31,37)(H,34,35)(H,39,40)(H4,26,27,28)/t12-,15+,16+,17+,19+/m1/s1. The molecule has 0 heterocycles. The largest absolute Gasteiger partial charge is 0.508 e. The van der Waals surface area contributed by atoms with E-state index in [1.165, 1.54) is 31.2 Å². The van der Waals surface area contributed by atoms with E-state index >= 15 is 0 Å². The number of aliphatic imine (C=N–C) groups is 1. The predicted molar refractivity (Wildman–Crippen MR) is 142 cm³/mol. The van der Waals surface area contributed by atoms with Gasteiger partial charge in [-0.05, 0) is 43.9 Å². The summed E-state index contributed by atoms with van der Waals surface area (Å²) >= 11 is 0. The van der Waals surface area contributed by atoms with Gasteiger partial charge >= 0.3 is 11.9 Å². The zero-order chi connectivity index (χ0) is 30.4. The molecule has 16 heteroatoms. The molecule has 0 saturated heterocycles. The van der Waals surface area contributed by atoms with Gasteiger partial charge in [0.2, 0.25) is 17.7 Å². The van der Waals surface area contributed by atoms with Crippen LogP contribution in [0.5, 0.6) is 5.75 Å². The second-order valence-electron chi connectivity index (χ2n) is 9.05. The van der Waals surface area contributed by atoms with Crippen molar-refractivity contribution in [3.63, 3.8) is 0 Å². The molecule has 1 aromatic rings. The number of aliphatic carboxylic acids is 2. The molecule has 5 atom stereocenters. The van der Waals surface area contributed by atoms with Crippen molar-refractivity contribution in [1.29, 1.82) is 0 Å². The number of hydrogen-bond donors (Lipinski definition) is 10. The lowest BCUT2D eigenvalue weighted by molar-refractivity contribution is -0.143. The summed E-state index contributed by atoms with van der Waals surface area (Å²) in [6.45, 7) is 1.32. The third kappa shape index (κ3) is 12.4. The van der Waals surface area contributed by atoms with E-state index in [4.69, 9.17) is 22.3 Å². The minimum absolute atomic E-state index is 0.0402. The van der Waals surface area contributed by atoms with Gasteiger partial charge in [-0.25, -0.2) is 4.79 Å². The van der Waals surface area contributed by atoms with E-state index in [-0.39, 0.29) is 50.4 Å². The highest BCUT2D eigenvalue weighted by Gasteiger charge is 2.32. The van der Waals surface area contributed by atoms with Crippen LogP contribution >= 0.6 is 0 Å². The molecule has 0 aliphatic heterocycles. The number of aliphatic hydroxyl groups is 1. The van der Waals surface area contributed by atoms with Gasteiger partial charge in [0.15, 0.2) is 5.96 Å². The number of rotatable bonds is 17. The Balaban J connectivity index is 3.05. The molecule has 0 bridgehead atoms. The third-order valence-corrected chi connectivity index (χ3v) is 5.64. The molecule has 13 N–H and O–H groups in total. The van der Waals surface area contributed by atoms with Crippen LogP contribution in [0.3, 0.4) is 0 Å². The average Bonchev–Trinajstić information content (AvgIpc) is 2.87. The van der Waals surface area contributed by atoms with E-state index in [9.17, 15) is 39.3 Å². The van der Waals surface area contributed by atoms with Crippen molar-refractivity contribution in [2.24, 2.45) is 22.2 Å². The minimum atomic E-state index is -1.60. The van der Waals surface area contributed by atoms with Gasteiger partial charge in [0, 0.05) is 19.4 Å². The van der Waals surface area contributed by atoms with Gasteiger partial charge in [0.25, 0.3) is 0 Å². The first-order chi connectivity index (χ1) is 18.7. The molecule has 0 saturated carbocycles. The fourth-order valence-corrected chi connectivity index (χ4v) is 3.45. The van der Waals surface area contributed by atoms with Crippen molar-refractivity contribution in [2.75, 3.05) is 6.54 Å². The van der Waals surface area contributed by atoms with Crippen molar-refractivity contribution in [3.8, 4) is 5.75 Å². The summed E-state index contributed by atoms with van der Waals surface area (Å²) in [4.78, 5) is 64.8. The SMILES string of the molecule is C[C@@H](O)[C@H](NC(=O)[C@H](Cc1ccc(O)cc1)NC(=O)[C@@H](N)CCC(=O)O)C(=O)N[C@@H](CCCN=C(N)N)C(=O)O. The van der Waals surface area contributed by atoms with Crippen molar-refractivity contribution in [2.45, 2.75) is 69.3 Å². The Kier molecular flexibility index (Phi) is 13.9. The molecule has 1 rings (SSSR count). The number of hydrogen-bond acceptors (Lipinski definition) is 9. The van der Waals surface area contributed by atoms with Gasteiger partial charge in [-0.3, -0.25) is 24.2 Å². The van der Waals surface area contributed by atoms with Gasteiger partial charge in [-0.1, -0.05) is 12.1 Å². The van der Waals surface area contributed by atoms with Gasteiger partial charge in [-0.2, -0.15) is 0 Å². The molecule has 3 amide bonds. The normalized spacial score (nSPS) is 14.5. The van der Waals surface area contributed by atoms with Gasteiger partial charge < -0.3 is 53.6 Å². The van der Waals surface area contributed by atoms with Crippen LogP contribution in [0.15, 0.2) is 29.3 Å². The maximum atomic E-state index is 13.2. The van der Waals surface area contributed by atoms with Gasteiger partial charge in [-0.15, -0.1) is 0 Å². The number of carboxylic acid groups (broad SMARTS) is 2. The van der Waals surface area contributed by atoms with Crippen LogP contribution in [0, 0.1) is 0 Å². The minimum Gasteiger partial charge on any atom is -0.508 e. The summed E-state index contributed by atoms with van der Waals surface area (Å²) in [6.07, 6.45) is -2.02. The van der Waals surface area contributed by atoms with Crippen LogP contribution in [0.1, 0.15) is 38.2 Å². The lowest BCUT2D eigenvalue weighted by atomic mass is 10.0. The lowest BCUT2D eigenvalue weighted by Gasteiger charge is -2.26. The number of carbonyl (C=O) groups is 5. The van der Waals surface area contributed by atoms with Gasteiger partial charge in [0.1, 0.15) is 23.9 Å². The van der Waals surface area contributed by atoms with E-state index in [1.54, 1.807) is 0 Å². The summed E-state index contributed by atoms with van der Waals surface area (Å²) < 4.78 is 0. The van der Waals surface area contributed by atoms with Crippen molar-refractivity contribution in [1.82, 2.24) is 16.0 Å². The van der Waals surface area contributed by atoms with Gasteiger partial charge in [0.05, 0.1) is 12.1 Å². The fourth-order valence-electron chi connectivity index (χ4n) is 3.45. The maximum Gasteiger partial charge on any atom is 0.326 e. The van der Waals surface area contributed by atoms with Crippen LogP contribution in [0.4, 0.5) is 0 Å². The smallest absolute Gasteiger partial charge is 0.326 e. The van der Waals surface area contributed by atoms with Crippen molar-refractivity contribution in [3.05, 3.63) is 29.8 Å². The first kappa shape index (κ1) is 33.6. The van der Waals surface area contributed by atoms with E-state index in [0.717, 1.165) is 0 Å². The zero-order valence-electron chi connectivity index (χ0n) is 21.9. The molecule has 40 heavy (non-hydrogen) atoms. The molecule has 0 spiro atoms. The Hall–Kier alpha value is -4.44. The molecule has 0 aromatic heterocycles. The number of aromatic hydroxyl groups is 1. The summed E-state index contributed by atoms with van der Waals surface area (Å²) in [5.41, 5.74) is 16.7. The number of phenolic OH excluding ortho intramolecular Hbond substituents is 1. The number of nitrogens with two attached hydrogens (primary N) is 3. The molecule has 0 aliphatic rings. The molecular weight excluding hydrogens is 530 g/mol. The number of guanidine groups is 1. The van der Waals surface area contributed by atoms with E-state index < -0.39 is 59.9 Å². The van der Waals surface area contributed by atoms with Crippen molar-refractivity contribution >= 4 is 35.6 Å². The predicted octanol–water partition coefficient (Wildman–Crippen LogP) is -2.90. The summed E-state index contributed by atoms with van der Waals surface area (Å²) in [5.74, 6) is -5.47. The number of nitrogens with zero attached hydrogens (tertiary/aromatic N) is 1. The summed E-state index contributed by atoms with van der Waals surface area (Å²) in [7, 11) is 0. The number of amides is 3. The first-order valence-corrected chi connectivity index (χ1v) is 12.3. The van der Waals surface area contributed by atoms with E-state index in [2.05, 4.69) is 20.9 Å². The Morgan fingerprint density at radius 3 is 2.02 bits per heavy atom. The van der Waals surface area contributed by atoms with Crippen LogP contribution in [0.25, 0.3) is 0 Å². The first-order valence-electron chi connectivity index (χ1n) is 12.3. The second-order valence-corrected chi connectivity index (χ2v) is 9.05. The fraction of sp³-hybridized carbons (Fsp3) is 0.500. The number of nitrogens with one attached hydrogen (secondary N) is 3. The Bertz CT molecular complexity index is 1060. The number of phenols is 1. The number of carbonyl (C=O) groups excluding carboxylic acids is 3. The molecule has 0 fully saturated rings. The van der Waals surface area contributed by atoms with Crippen LogP contribution in [-0.2, 0) is 30.4 Å². The average molecular weight is 568 g/mol. The maximum absolute atomic E-state index is 13.2. The molecule has 222 valence electrons. The van der Waals surface area contributed by atoms with E-state index in [0.29, 0.717) is 5.56 Å². The number of carboxylic acids is 2. The Morgan fingerprint density at radius 2 is 1.50 bits per heavy atom. The molecule has 0 aliphatic carbocycles. The number of aliphatic hydroxyl groups excluding tert-OH is 1. The Morgan fingerprint density at radius 1 is 0.900 bits per heavy atom. The van der Waals surface area contributed by atoms with Crippen molar-refractivity contribution < 1.29 is 44.4 Å². The highest BCUT2D eigenvalue weighted by Crippen LogP contribution is 2.12. The molecule has 16 nitrogen and oxygen atoms in total. The highest BCUT2D eigenvalue weighted by molar-refractivity contribution is 5.94. The van der Waals surface area contributed by atoms with E-state index in [1.807, 2.05) is 0 Å². The summed E-state index contributed by atoms with van der Waals surface area (Å²) in [5, 5.41) is 45.0. The molecule has 0 radical (unpaired) electrons. The highest BCUT2D eigenvalue weighted by atomic mass is 16.4. The quantitative estimate of drug-likeness (QED) is 0.0515. The van der Waals surface area contributed by atoms with Crippen LogP contribution < -0.4 is 33.2 Å². The second kappa shape index (κ2) is 16.5. The van der Waals surface area contributed by atoms with Crippen LogP contribution in [0.2, 0.25) is 0 Å². The monoisotopic (exact) mass is 567 g/mol. The number of benzene rings is 1. The molecule has 0 unspecified atom stereocenters. The topological polar surface area (TPSA) is 293 Å².